The molecule has 0 bridgehead atoms. The maximum atomic E-state index is 12.6. The lowest BCUT2D eigenvalue weighted by atomic mass is 9.66. The van der Waals surface area contributed by atoms with Crippen molar-refractivity contribution >= 4 is 5.91 Å². The van der Waals surface area contributed by atoms with Gasteiger partial charge in [0.25, 0.3) is 0 Å². The Morgan fingerprint density at radius 2 is 2.13 bits per heavy atom. The molecular weight excluding hydrogens is 378 g/mol. The van der Waals surface area contributed by atoms with Crippen LogP contribution in [-0.4, -0.2) is 41.0 Å². The number of carbonyl (C=O) groups is 1. The summed E-state index contributed by atoms with van der Waals surface area (Å²) in [6.07, 6.45) is 8.37. The van der Waals surface area contributed by atoms with Crippen molar-refractivity contribution in [3.05, 3.63) is 48.3 Å². The van der Waals surface area contributed by atoms with E-state index in [0.717, 1.165) is 30.5 Å². The van der Waals surface area contributed by atoms with Crippen molar-refractivity contribution in [2.24, 2.45) is 11.8 Å². The molecule has 30 heavy (non-hydrogen) atoms. The fraction of sp³-hybridized carbons (Fsp3) is 0.583. The lowest BCUT2D eigenvalue weighted by Crippen LogP contribution is -2.60. The molecule has 0 radical (unpaired) electrons. The van der Waals surface area contributed by atoms with Gasteiger partial charge in [0.05, 0.1) is 24.5 Å². The van der Waals surface area contributed by atoms with Crippen LogP contribution in [0.4, 0.5) is 0 Å². The molecule has 1 aliphatic carbocycles. The van der Waals surface area contributed by atoms with Crippen LogP contribution >= 0.6 is 0 Å². The van der Waals surface area contributed by atoms with Gasteiger partial charge in [0.2, 0.25) is 5.91 Å². The van der Waals surface area contributed by atoms with Crippen LogP contribution in [-0.2, 0) is 14.3 Å². The molecule has 1 aliphatic heterocycles. The van der Waals surface area contributed by atoms with E-state index in [2.05, 4.69) is 48.5 Å². The molecule has 2 heterocycles. The van der Waals surface area contributed by atoms with Gasteiger partial charge in [-0.3, -0.25) is 4.79 Å². The Bertz CT molecular complexity index is 836. The normalized spacial score (nSPS) is 31.2. The van der Waals surface area contributed by atoms with E-state index in [1.807, 2.05) is 16.9 Å². The second-order valence-corrected chi connectivity index (χ2v) is 9.14. The van der Waals surface area contributed by atoms with Gasteiger partial charge in [0, 0.05) is 43.8 Å². The molecule has 1 amide bonds. The third kappa shape index (κ3) is 4.44. The zero-order chi connectivity index (χ0) is 21.1. The van der Waals surface area contributed by atoms with Crippen LogP contribution in [0.25, 0.3) is 5.69 Å². The molecule has 2 aromatic rings. The first-order valence-corrected chi connectivity index (χ1v) is 11.0. The van der Waals surface area contributed by atoms with E-state index in [-0.39, 0.29) is 23.7 Å². The first kappa shape index (κ1) is 21.1. The van der Waals surface area contributed by atoms with Crippen molar-refractivity contribution in [1.29, 1.82) is 0 Å². The van der Waals surface area contributed by atoms with Gasteiger partial charge in [0.15, 0.2) is 0 Å². The molecular formula is C24H33N3O3. The number of ether oxygens (including phenoxy) is 2. The quantitative estimate of drug-likeness (QED) is 0.779. The summed E-state index contributed by atoms with van der Waals surface area (Å²) in [5.74, 6) is 1.06. The molecule has 6 nitrogen and oxygen atoms in total. The molecule has 1 aromatic carbocycles. The summed E-state index contributed by atoms with van der Waals surface area (Å²) < 4.78 is 13.6. The van der Waals surface area contributed by atoms with Gasteiger partial charge >= 0.3 is 0 Å². The second-order valence-electron chi connectivity index (χ2n) is 9.14. The molecule has 1 aromatic heterocycles. The Kier molecular flexibility index (Phi) is 6.25. The summed E-state index contributed by atoms with van der Waals surface area (Å²) >= 11 is 0. The third-order valence-corrected chi connectivity index (χ3v) is 6.81. The summed E-state index contributed by atoms with van der Waals surface area (Å²) in [5, 5.41) is 7.66. The first-order chi connectivity index (χ1) is 14.5. The molecule has 1 saturated carbocycles. The van der Waals surface area contributed by atoms with Crippen LogP contribution in [0.15, 0.2) is 42.7 Å². The number of hydrogen-bond donors (Lipinski definition) is 1. The van der Waals surface area contributed by atoms with Crippen molar-refractivity contribution < 1.29 is 14.3 Å². The Morgan fingerprint density at radius 3 is 2.83 bits per heavy atom. The number of aromatic nitrogens is 2. The van der Waals surface area contributed by atoms with Crippen LogP contribution in [0.2, 0.25) is 0 Å². The predicted octanol–water partition coefficient (Wildman–Crippen LogP) is 4.05. The highest BCUT2D eigenvalue weighted by Gasteiger charge is 2.49. The molecule has 2 fully saturated rings. The Labute approximate surface area is 178 Å². The average molecular weight is 412 g/mol. The van der Waals surface area contributed by atoms with E-state index in [1.165, 1.54) is 6.42 Å². The van der Waals surface area contributed by atoms with Gasteiger partial charge in [0.1, 0.15) is 0 Å². The van der Waals surface area contributed by atoms with Crippen molar-refractivity contribution in [3.8, 4) is 5.69 Å². The Balaban J connectivity index is 1.55. The van der Waals surface area contributed by atoms with Gasteiger partial charge < -0.3 is 14.8 Å². The van der Waals surface area contributed by atoms with Gasteiger partial charge in [-0.25, -0.2) is 4.68 Å². The van der Waals surface area contributed by atoms with Gasteiger partial charge in [-0.2, -0.15) is 5.10 Å². The van der Waals surface area contributed by atoms with Gasteiger partial charge in [-0.1, -0.05) is 25.5 Å². The van der Waals surface area contributed by atoms with Crippen LogP contribution in [0, 0.1) is 11.8 Å². The summed E-state index contributed by atoms with van der Waals surface area (Å²) in [5.41, 5.74) is 1.90. The number of amides is 1. The van der Waals surface area contributed by atoms with Crippen molar-refractivity contribution in [2.45, 2.75) is 63.7 Å². The fourth-order valence-electron chi connectivity index (χ4n) is 5.18. The molecule has 4 rings (SSSR count). The van der Waals surface area contributed by atoms with Crippen LogP contribution in [0.5, 0.6) is 0 Å². The van der Waals surface area contributed by atoms with E-state index in [1.54, 1.807) is 13.3 Å². The maximum absolute atomic E-state index is 12.6. The molecule has 5 atom stereocenters. The molecule has 0 spiro atoms. The number of benzene rings is 1. The van der Waals surface area contributed by atoms with Crippen LogP contribution < -0.4 is 5.32 Å². The standard InChI is InChI=1S/C24H33N3O3/c1-17-5-10-20-21(15-17)30-22(16-24(20,2)26-23(28)11-14-29-3)18-6-8-19(9-7-18)27-13-4-12-25-27/h4,6-9,12-13,17,20-22H,5,10-11,14-16H2,1-3H3,(H,26,28)/t17-,20-,21-,22-,24+/m1/s1. The average Bonchev–Trinajstić information content (AvgIpc) is 3.26. The zero-order valence-electron chi connectivity index (χ0n) is 18.2. The van der Waals surface area contributed by atoms with Crippen molar-refractivity contribution in [3.63, 3.8) is 0 Å². The van der Waals surface area contributed by atoms with E-state index < -0.39 is 0 Å². The highest BCUT2D eigenvalue weighted by atomic mass is 16.5. The molecule has 6 heteroatoms. The molecule has 1 saturated heterocycles. The van der Waals surface area contributed by atoms with Gasteiger partial charge in [-0.15, -0.1) is 0 Å². The van der Waals surface area contributed by atoms with Crippen molar-refractivity contribution in [1.82, 2.24) is 15.1 Å². The van der Waals surface area contributed by atoms with Gasteiger partial charge in [-0.05, 0) is 49.4 Å². The lowest BCUT2D eigenvalue weighted by Gasteiger charge is -2.52. The highest BCUT2D eigenvalue weighted by Crippen LogP contribution is 2.47. The molecule has 1 N–H and O–H groups in total. The molecule has 2 aliphatic rings. The zero-order valence-corrected chi connectivity index (χ0v) is 18.2. The topological polar surface area (TPSA) is 65.4 Å². The van der Waals surface area contributed by atoms with Crippen molar-refractivity contribution in [2.75, 3.05) is 13.7 Å². The van der Waals surface area contributed by atoms with E-state index in [4.69, 9.17) is 9.47 Å². The minimum absolute atomic E-state index is 0.0315. The van der Waals surface area contributed by atoms with Crippen LogP contribution in [0.3, 0.4) is 0 Å². The Morgan fingerprint density at radius 1 is 1.33 bits per heavy atom. The molecule has 0 unspecified atom stereocenters. The van der Waals surface area contributed by atoms with E-state index >= 15 is 0 Å². The number of methoxy groups -OCH3 is 1. The summed E-state index contributed by atoms with van der Waals surface area (Å²) in [6, 6.07) is 10.3. The number of nitrogens with one attached hydrogen (secondary N) is 1. The van der Waals surface area contributed by atoms with E-state index in [9.17, 15) is 4.79 Å². The predicted molar refractivity (Wildman–Crippen MR) is 115 cm³/mol. The summed E-state index contributed by atoms with van der Waals surface area (Å²) in [7, 11) is 1.63. The smallest absolute Gasteiger partial charge is 0.222 e. The Hall–Kier alpha value is -2.18. The largest absolute Gasteiger partial charge is 0.384 e. The first-order valence-electron chi connectivity index (χ1n) is 11.0. The minimum Gasteiger partial charge on any atom is -0.384 e. The number of carbonyl (C=O) groups excluding carboxylic acids is 1. The number of rotatable bonds is 6. The SMILES string of the molecule is COCCC(=O)N[C@@]1(C)C[C@H](c2ccc(-n3cccn3)cc2)O[C@@H]2C[C@H](C)CC[C@H]21. The number of hydrogen-bond acceptors (Lipinski definition) is 4. The number of nitrogens with zero attached hydrogens (tertiary/aromatic N) is 2. The van der Waals surface area contributed by atoms with Crippen LogP contribution in [0.1, 0.15) is 57.6 Å². The van der Waals surface area contributed by atoms with E-state index in [0.29, 0.717) is 24.9 Å². The third-order valence-electron chi connectivity index (χ3n) is 6.81. The fourth-order valence-corrected chi connectivity index (χ4v) is 5.18. The summed E-state index contributed by atoms with van der Waals surface area (Å²) in [6.45, 7) is 4.96. The minimum atomic E-state index is -0.279. The summed E-state index contributed by atoms with van der Waals surface area (Å²) in [4.78, 5) is 12.6. The lowest BCUT2D eigenvalue weighted by molar-refractivity contribution is -0.154. The molecule has 162 valence electrons. The second kappa shape index (κ2) is 8.90. The monoisotopic (exact) mass is 411 g/mol. The highest BCUT2D eigenvalue weighted by molar-refractivity contribution is 5.77. The maximum Gasteiger partial charge on any atom is 0.222 e. The number of fused-ring (bicyclic) bond motifs is 1.